The van der Waals surface area contributed by atoms with Crippen molar-refractivity contribution in [3.63, 3.8) is 0 Å². The summed E-state index contributed by atoms with van der Waals surface area (Å²) in [5, 5.41) is 12.3. The number of nitrogens with two attached hydrogens (primary N) is 1. The van der Waals surface area contributed by atoms with E-state index in [0.29, 0.717) is 17.1 Å². The number of amides is 1. The fourth-order valence-electron chi connectivity index (χ4n) is 1.74. The van der Waals surface area contributed by atoms with E-state index in [1.165, 1.54) is 0 Å². The molecule has 1 amide bonds. The monoisotopic (exact) mass is 281 g/mol. The maximum Gasteiger partial charge on any atom is 0.230 e. The summed E-state index contributed by atoms with van der Waals surface area (Å²) < 4.78 is 0. The largest absolute Gasteiger partial charge is 0.508 e. The Morgan fingerprint density at radius 1 is 1.24 bits per heavy atom. The fourth-order valence-corrected chi connectivity index (χ4v) is 1.74. The fraction of sp³-hybridized carbons (Fsp3) is 0.125. The summed E-state index contributed by atoms with van der Waals surface area (Å²) in [6.45, 7) is 0.256. The number of para-hydroxylation sites is 1. The molecule has 0 aliphatic heterocycles. The van der Waals surface area contributed by atoms with Gasteiger partial charge in [0.15, 0.2) is 0 Å². The van der Waals surface area contributed by atoms with E-state index in [-0.39, 0.29) is 24.6 Å². The van der Waals surface area contributed by atoms with E-state index in [1.807, 2.05) is 0 Å². The highest BCUT2D eigenvalue weighted by molar-refractivity contribution is 5.91. The molecule has 0 bridgehead atoms. The number of phenols is 1. The summed E-state index contributed by atoms with van der Waals surface area (Å²) in [5.74, 6) is 5.76. The Balaban J connectivity index is 2.04. The number of benzene rings is 1. The molecule has 106 valence electrons. The average molecular weight is 281 g/mol. The van der Waals surface area contributed by atoms with Gasteiger partial charge in [-0.3, -0.25) is 4.79 Å². The first-order valence-electron chi connectivity index (χ1n) is 6.42. The number of aromatic nitrogens is 1. The zero-order valence-corrected chi connectivity index (χ0v) is 11.3. The van der Waals surface area contributed by atoms with Crippen LogP contribution in [0.15, 0.2) is 42.5 Å². The van der Waals surface area contributed by atoms with E-state index < -0.39 is 0 Å². The van der Waals surface area contributed by atoms with E-state index in [1.54, 1.807) is 42.5 Å². The molecule has 0 saturated heterocycles. The van der Waals surface area contributed by atoms with E-state index in [0.717, 1.165) is 0 Å². The molecule has 2 aromatic rings. The Morgan fingerprint density at radius 2 is 2.05 bits per heavy atom. The van der Waals surface area contributed by atoms with Crippen molar-refractivity contribution in [3.8, 4) is 17.6 Å². The highest BCUT2D eigenvalue weighted by atomic mass is 16.3. The van der Waals surface area contributed by atoms with Gasteiger partial charge in [0, 0.05) is 5.56 Å². The lowest BCUT2D eigenvalue weighted by Gasteiger charge is -2.06. The van der Waals surface area contributed by atoms with Crippen molar-refractivity contribution in [1.82, 2.24) is 4.98 Å². The van der Waals surface area contributed by atoms with E-state index in [9.17, 15) is 9.90 Å². The van der Waals surface area contributed by atoms with Crippen molar-refractivity contribution < 1.29 is 9.90 Å². The van der Waals surface area contributed by atoms with Crippen LogP contribution in [-0.4, -0.2) is 22.5 Å². The maximum atomic E-state index is 11.9. The first-order chi connectivity index (χ1) is 10.2. The number of hydrogen-bond donors (Lipinski definition) is 3. The van der Waals surface area contributed by atoms with Crippen LogP contribution in [0.2, 0.25) is 0 Å². The standard InChI is InChI=1S/C16H15N3O2/c17-10-4-7-13-6-3-9-15(18-13)19-16(21)11-12-5-1-2-8-14(12)20/h1-3,5-6,8-9,20H,10-11,17H2,(H,18,19,21). The summed E-state index contributed by atoms with van der Waals surface area (Å²) in [4.78, 5) is 16.1. The molecule has 0 aliphatic rings. The number of hydrogen-bond acceptors (Lipinski definition) is 4. The molecule has 4 N–H and O–H groups in total. The SMILES string of the molecule is NCC#Cc1cccc(NC(=O)Cc2ccccc2O)n1. The molecule has 0 atom stereocenters. The lowest BCUT2D eigenvalue weighted by atomic mass is 10.1. The minimum Gasteiger partial charge on any atom is -0.508 e. The number of aromatic hydroxyl groups is 1. The topological polar surface area (TPSA) is 88.2 Å². The number of nitrogens with one attached hydrogen (secondary N) is 1. The number of nitrogens with zero attached hydrogens (tertiary/aromatic N) is 1. The minimum atomic E-state index is -0.257. The first kappa shape index (κ1) is 14.6. The maximum absolute atomic E-state index is 11.9. The van der Waals surface area contributed by atoms with Gasteiger partial charge in [-0.2, -0.15) is 0 Å². The Kier molecular flexibility index (Phi) is 4.91. The quantitative estimate of drug-likeness (QED) is 0.739. The number of pyridine rings is 1. The third kappa shape index (κ3) is 4.34. The van der Waals surface area contributed by atoms with Gasteiger partial charge in [0.1, 0.15) is 17.3 Å². The van der Waals surface area contributed by atoms with Crippen LogP contribution >= 0.6 is 0 Å². The number of phenolic OH excluding ortho intramolecular Hbond substituents is 1. The predicted molar refractivity (Wildman–Crippen MR) is 80.6 cm³/mol. The molecule has 0 radical (unpaired) electrons. The zero-order valence-electron chi connectivity index (χ0n) is 11.3. The minimum absolute atomic E-state index is 0.0764. The third-order valence-corrected chi connectivity index (χ3v) is 2.68. The number of anilines is 1. The molecular formula is C16H15N3O2. The lowest BCUT2D eigenvalue weighted by molar-refractivity contribution is -0.115. The number of rotatable bonds is 3. The predicted octanol–water partition coefficient (Wildman–Crippen LogP) is 1.28. The normalized spacial score (nSPS) is 9.57. The summed E-state index contributed by atoms with van der Waals surface area (Å²) in [5.41, 5.74) is 6.41. The Labute approximate surface area is 122 Å². The van der Waals surface area contributed by atoms with E-state index in [2.05, 4.69) is 22.1 Å². The molecule has 1 aromatic heterocycles. The van der Waals surface area contributed by atoms with Crippen molar-refractivity contribution in [2.24, 2.45) is 5.73 Å². The Morgan fingerprint density at radius 3 is 2.81 bits per heavy atom. The molecule has 1 aromatic carbocycles. The van der Waals surface area contributed by atoms with Crippen LogP contribution in [0.4, 0.5) is 5.82 Å². The molecule has 5 heteroatoms. The number of carbonyl (C=O) groups excluding carboxylic acids is 1. The van der Waals surface area contributed by atoms with Crippen LogP contribution < -0.4 is 11.1 Å². The highest BCUT2D eigenvalue weighted by Crippen LogP contribution is 2.16. The smallest absolute Gasteiger partial charge is 0.230 e. The van der Waals surface area contributed by atoms with Crippen LogP contribution in [0.3, 0.4) is 0 Å². The van der Waals surface area contributed by atoms with Crippen molar-refractivity contribution in [3.05, 3.63) is 53.7 Å². The van der Waals surface area contributed by atoms with Gasteiger partial charge in [-0.15, -0.1) is 0 Å². The Bertz CT molecular complexity index is 702. The van der Waals surface area contributed by atoms with Crippen molar-refractivity contribution in [1.29, 1.82) is 0 Å². The van der Waals surface area contributed by atoms with Gasteiger partial charge in [0.25, 0.3) is 0 Å². The molecule has 0 aliphatic carbocycles. The highest BCUT2D eigenvalue weighted by Gasteiger charge is 2.08. The van der Waals surface area contributed by atoms with Crippen molar-refractivity contribution in [2.75, 3.05) is 11.9 Å². The summed E-state index contributed by atoms with van der Waals surface area (Å²) in [7, 11) is 0. The lowest BCUT2D eigenvalue weighted by Crippen LogP contribution is -2.15. The van der Waals surface area contributed by atoms with E-state index >= 15 is 0 Å². The molecule has 2 rings (SSSR count). The number of carbonyl (C=O) groups is 1. The molecule has 0 saturated carbocycles. The average Bonchev–Trinajstić information content (AvgIpc) is 2.48. The molecule has 1 heterocycles. The van der Waals surface area contributed by atoms with E-state index in [4.69, 9.17) is 5.73 Å². The third-order valence-electron chi connectivity index (χ3n) is 2.68. The van der Waals surface area contributed by atoms with Crippen LogP contribution in [0.1, 0.15) is 11.3 Å². The zero-order chi connectivity index (χ0) is 15.1. The molecule has 5 nitrogen and oxygen atoms in total. The van der Waals surface area contributed by atoms with Gasteiger partial charge in [-0.1, -0.05) is 30.2 Å². The second-order valence-electron chi connectivity index (χ2n) is 4.27. The first-order valence-corrected chi connectivity index (χ1v) is 6.42. The summed E-state index contributed by atoms with van der Waals surface area (Å²) in [6.07, 6.45) is 0.0764. The Hall–Kier alpha value is -2.84. The molecular weight excluding hydrogens is 266 g/mol. The molecule has 0 spiro atoms. The van der Waals surface area contributed by atoms with Crippen LogP contribution in [0.5, 0.6) is 5.75 Å². The molecule has 21 heavy (non-hydrogen) atoms. The van der Waals surface area contributed by atoms with Gasteiger partial charge in [-0.25, -0.2) is 4.98 Å². The van der Waals surface area contributed by atoms with Gasteiger partial charge >= 0.3 is 0 Å². The van der Waals surface area contributed by atoms with Gasteiger partial charge in [0.2, 0.25) is 5.91 Å². The summed E-state index contributed by atoms with van der Waals surface area (Å²) >= 11 is 0. The van der Waals surface area contributed by atoms with Crippen LogP contribution in [0.25, 0.3) is 0 Å². The van der Waals surface area contributed by atoms with Crippen molar-refractivity contribution in [2.45, 2.75) is 6.42 Å². The van der Waals surface area contributed by atoms with Crippen molar-refractivity contribution >= 4 is 11.7 Å². The second kappa shape index (κ2) is 7.08. The molecule has 0 unspecified atom stereocenters. The second-order valence-corrected chi connectivity index (χ2v) is 4.27. The summed E-state index contributed by atoms with van der Waals surface area (Å²) in [6, 6.07) is 11.9. The van der Waals surface area contributed by atoms with Gasteiger partial charge < -0.3 is 16.2 Å². The van der Waals surface area contributed by atoms with Gasteiger partial charge in [0.05, 0.1) is 13.0 Å². The van der Waals surface area contributed by atoms with Gasteiger partial charge in [-0.05, 0) is 24.1 Å². The van der Waals surface area contributed by atoms with Crippen LogP contribution in [0, 0.1) is 11.8 Å². The molecule has 0 fully saturated rings. The van der Waals surface area contributed by atoms with Crippen LogP contribution in [-0.2, 0) is 11.2 Å².